The molecule has 4 bridgehead atoms. The number of halogens is 2. The zero-order valence-corrected chi connectivity index (χ0v) is 19.7. The number of benzene rings is 1. The third-order valence-corrected chi connectivity index (χ3v) is 8.82. The highest BCUT2D eigenvalue weighted by molar-refractivity contribution is 5.84. The van der Waals surface area contributed by atoms with E-state index in [0.717, 1.165) is 36.7 Å². The first-order valence-corrected chi connectivity index (χ1v) is 12.7. The van der Waals surface area contributed by atoms with Gasteiger partial charge in [-0.05, 0) is 74.2 Å². The van der Waals surface area contributed by atoms with Crippen LogP contribution >= 0.6 is 0 Å². The summed E-state index contributed by atoms with van der Waals surface area (Å²) in [5.41, 5.74) is 0.697. The summed E-state index contributed by atoms with van der Waals surface area (Å²) in [7, 11) is 0. The van der Waals surface area contributed by atoms with Crippen LogP contribution in [0.4, 0.5) is 8.78 Å². The molecule has 0 radical (unpaired) electrons. The molecule has 6 rings (SSSR count). The lowest BCUT2D eigenvalue weighted by molar-refractivity contribution is -0.134. The van der Waals surface area contributed by atoms with Crippen LogP contribution < -0.4 is 5.32 Å². The second kappa shape index (κ2) is 9.44. The average Bonchev–Trinajstić information content (AvgIpc) is 3.22. The fourth-order valence-corrected chi connectivity index (χ4v) is 7.42. The van der Waals surface area contributed by atoms with Crippen molar-refractivity contribution in [3.05, 3.63) is 29.3 Å². The van der Waals surface area contributed by atoms with E-state index in [4.69, 9.17) is 0 Å². The highest BCUT2D eigenvalue weighted by atomic mass is 19.1. The molecule has 1 saturated heterocycles. The Balaban J connectivity index is 0.994. The van der Waals surface area contributed by atoms with Gasteiger partial charge in [-0.1, -0.05) is 0 Å². The molecular formula is C26H35F2N3O3. The monoisotopic (exact) mass is 475 g/mol. The molecule has 2 amide bonds. The van der Waals surface area contributed by atoms with Gasteiger partial charge in [0.05, 0.1) is 6.54 Å². The van der Waals surface area contributed by atoms with Crippen LogP contribution in [0.5, 0.6) is 5.75 Å². The van der Waals surface area contributed by atoms with Crippen molar-refractivity contribution < 1.29 is 23.5 Å². The van der Waals surface area contributed by atoms with Crippen LogP contribution in [0.1, 0.15) is 56.9 Å². The molecule has 2 N–H and O–H groups in total. The molecule has 1 aromatic rings. The predicted molar refractivity (Wildman–Crippen MR) is 123 cm³/mol. The molecule has 1 aliphatic heterocycles. The Bertz CT molecular complexity index is 928. The van der Waals surface area contributed by atoms with E-state index >= 15 is 0 Å². The molecule has 186 valence electrons. The highest BCUT2D eigenvalue weighted by Gasteiger charge is 2.55. The number of hydrogen-bond acceptors (Lipinski definition) is 4. The molecule has 2 atom stereocenters. The summed E-state index contributed by atoms with van der Waals surface area (Å²) in [6.07, 6.45) is 9.51. The van der Waals surface area contributed by atoms with E-state index in [-0.39, 0.29) is 30.5 Å². The summed E-state index contributed by atoms with van der Waals surface area (Å²) >= 11 is 0. The molecule has 0 spiro atoms. The molecule has 0 aromatic heterocycles. The summed E-state index contributed by atoms with van der Waals surface area (Å²) in [5, 5.41) is 12.6. The van der Waals surface area contributed by atoms with Gasteiger partial charge in [0.15, 0.2) is 11.6 Å². The standard InChI is InChI=1S/C26H35F2N3O3/c27-21-10-20(25(34)22(28)11-21)16-30-4-6-31(7-5-30)24(33)15-29-23(32)2-1-3-26-12-17-8-18(13-26)19(9-17)14-26/h10-11,17-19,34H,1-9,12-16H2,(H,29,32). The summed E-state index contributed by atoms with van der Waals surface area (Å²) in [6.45, 7) is 2.22. The van der Waals surface area contributed by atoms with Crippen molar-refractivity contribution in [2.24, 2.45) is 23.2 Å². The Morgan fingerprint density at radius 3 is 2.44 bits per heavy atom. The fraction of sp³-hybridized carbons (Fsp3) is 0.692. The normalized spacial score (nSPS) is 30.2. The van der Waals surface area contributed by atoms with Crippen LogP contribution in [-0.2, 0) is 16.1 Å². The molecule has 1 aromatic carbocycles. The SMILES string of the molecule is O=C(CCCC12CC3CC(C1)C(C3)C2)NCC(=O)N1CCN(Cc2cc(F)cc(F)c2O)CC1. The summed E-state index contributed by atoms with van der Waals surface area (Å²) in [4.78, 5) is 28.5. The topological polar surface area (TPSA) is 72.9 Å². The van der Waals surface area contributed by atoms with Crippen molar-refractivity contribution in [1.82, 2.24) is 15.1 Å². The van der Waals surface area contributed by atoms with Gasteiger partial charge in [-0.2, -0.15) is 0 Å². The van der Waals surface area contributed by atoms with Crippen LogP contribution in [0, 0.1) is 34.8 Å². The Hall–Kier alpha value is -2.22. The third-order valence-electron chi connectivity index (χ3n) is 8.82. The molecule has 5 fully saturated rings. The molecule has 2 unspecified atom stereocenters. The molecule has 6 nitrogen and oxygen atoms in total. The zero-order chi connectivity index (χ0) is 23.9. The van der Waals surface area contributed by atoms with Crippen LogP contribution in [-0.4, -0.2) is 59.4 Å². The number of piperazine rings is 1. The lowest BCUT2D eigenvalue weighted by atomic mass is 9.67. The Morgan fingerprint density at radius 1 is 1.06 bits per heavy atom. The van der Waals surface area contributed by atoms with Crippen molar-refractivity contribution in [2.75, 3.05) is 32.7 Å². The lowest BCUT2D eigenvalue weighted by Gasteiger charge is -2.38. The van der Waals surface area contributed by atoms with Crippen molar-refractivity contribution in [3.8, 4) is 5.75 Å². The van der Waals surface area contributed by atoms with Crippen LogP contribution in [0.2, 0.25) is 0 Å². The molecule has 5 aliphatic rings. The predicted octanol–water partition coefficient (Wildman–Crippen LogP) is 3.43. The van der Waals surface area contributed by atoms with E-state index in [0.29, 0.717) is 44.1 Å². The Morgan fingerprint density at radius 2 is 1.76 bits per heavy atom. The maximum atomic E-state index is 13.5. The van der Waals surface area contributed by atoms with Gasteiger partial charge in [0.25, 0.3) is 0 Å². The molecule has 34 heavy (non-hydrogen) atoms. The molecule has 4 aliphatic carbocycles. The lowest BCUT2D eigenvalue weighted by Crippen LogP contribution is -2.50. The van der Waals surface area contributed by atoms with Gasteiger partial charge >= 0.3 is 0 Å². The Labute approximate surface area is 199 Å². The second-order valence-corrected chi connectivity index (χ2v) is 11.2. The van der Waals surface area contributed by atoms with E-state index < -0.39 is 17.4 Å². The number of phenolic OH excluding ortho intramolecular Hbond substituents is 1. The van der Waals surface area contributed by atoms with Crippen molar-refractivity contribution >= 4 is 11.8 Å². The van der Waals surface area contributed by atoms with Gasteiger partial charge in [-0.15, -0.1) is 0 Å². The van der Waals surface area contributed by atoms with Crippen LogP contribution in [0.3, 0.4) is 0 Å². The molecule has 1 heterocycles. The number of nitrogens with one attached hydrogen (secondary N) is 1. The minimum Gasteiger partial charge on any atom is -0.505 e. The average molecular weight is 476 g/mol. The van der Waals surface area contributed by atoms with Gasteiger partial charge in [0.2, 0.25) is 11.8 Å². The number of hydrogen-bond donors (Lipinski definition) is 2. The van der Waals surface area contributed by atoms with Crippen LogP contribution in [0.15, 0.2) is 12.1 Å². The number of nitrogens with zero attached hydrogens (tertiary/aromatic N) is 2. The van der Waals surface area contributed by atoms with Crippen LogP contribution in [0.25, 0.3) is 0 Å². The highest BCUT2D eigenvalue weighted by Crippen LogP contribution is 2.65. The minimum absolute atomic E-state index is 0.00605. The number of carbonyl (C=O) groups is 2. The minimum atomic E-state index is -0.970. The first-order chi connectivity index (χ1) is 16.3. The summed E-state index contributed by atoms with van der Waals surface area (Å²) in [5.74, 6) is 0.442. The molecule has 8 heteroatoms. The van der Waals surface area contributed by atoms with Gasteiger partial charge in [-0.3, -0.25) is 14.5 Å². The van der Waals surface area contributed by atoms with E-state index in [1.165, 1.54) is 32.1 Å². The second-order valence-electron chi connectivity index (χ2n) is 11.2. The number of rotatable bonds is 8. The summed E-state index contributed by atoms with van der Waals surface area (Å²) < 4.78 is 27.0. The quantitative estimate of drug-likeness (QED) is 0.604. The van der Waals surface area contributed by atoms with Gasteiger partial charge in [-0.25, -0.2) is 8.78 Å². The van der Waals surface area contributed by atoms with Gasteiger partial charge in [0.1, 0.15) is 5.82 Å². The summed E-state index contributed by atoms with van der Waals surface area (Å²) in [6, 6.07) is 1.79. The smallest absolute Gasteiger partial charge is 0.242 e. The van der Waals surface area contributed by atoms with E-state index in [1.54, 1.807) is 4.90 Å². The van der Waals surface area contributed by atoms with E-state index in [9.17, 15) is 23.5 Å². The molecular weight excluding hydrogens is 440 g/mol. The number of aromatic hydroxyl groups is 1. The van der Waals surface area contributed by atoms with Gasteiger partial charge < -0.3 is 15.3 Å². The van der Waals surface area contributed by atoms with E-state index in [2.05, 4.69) is 5.32 Å². The zero-order valence-electron chi connectivity index (χ0n) is 19.7. The Kier molecular flexibility index (Phi) is 6.53. The number of amides is 2. The number of carbonyl (C=O) groups excluding carboxylic acids is 2. The fourth-order valence-electron chi connectivity index (χ4n) is 7.42. The largest absolute Gasteiger partial charge is 0.505 e. The number of phenols is 1. The first-order valence-electron chi connectivity index (χ1n) is 12.7. The third kappa shape index (κ3) is 4.92. The van der Waals surface area contributed by atoms with E-state index in [1.807, 2.05) is 4.90 Å². The van der Waals surface area contributed by atoms with Crippen molar-refractivity contribution in [1.29, 1.82) is 0 Å². The van der Waals surface area contributed by atoms with Crippen molar-refractivity contribution in [3.63, 3.8) is 0 Å². The maximum Gasteiger partial charge on any atom is 0.242 e. The van der Waals surface area contributed by atoms with Crippen molar-refractivity contribution in [2.45, 2.75) is 57.9 Å². The molecule has 4 saturated carbocycles. The first kappa shape index (κ1) is 23.5. The maximum absolute atomic E-state index is 13.5. The van der Waals surface area contributed by atoms with Gasteiger partial charge in [0, 0.05) is 50.8 Å².